The summed E-state index contributed by atoms with van der Waals surface area (Å²) < 4.78 is 0. The number of benzene rings is 4. The van der Waals surface area contributed by atoms with Crippen molar-refractivity contribution in [2.24, 2.45) is 0 Å². The summed E-state index contributed by atoms with van der Waals surface area (Å²) in [5.74, 6) is 0. The number of aromatic nitrogens is 1. The minimum Gasteiger partial charge on any atom is -0.355 e. The van der Waals surface area contributed by atoms with Gasteiger partial charge in [-0.2, -0.15) is 0 Å². The summed E-state index contributed by atoms with van der Waals surface area (Å²) in [4.78, 5) is 3.75. The van der Waals surface area contributed by atoms with E-state index in [1.54, 1.807) is 0 Å². The van der Waals surface area contributed by atoms with Crippen molar-refractivity contribution < 1.29 is 0 Å². The summed E-state index contributed by atoms with van der Waals surface area (Å²) in [6.07, 6.45) is 0. The molecular formula is C28H29NSi2. The lowest BCUT2D eigenvalue weighted by molar-refractivity contribution is 1.55. The smallest absolute Gasteiger partial charge is 0.112 e. The summed E-state index contributed by atoms with van der Waals surface area (Å²) in [7, 11) is -3.44. The molecule has 5 rings (SSSR count). The maximum atomic E-state index is 3.75. The van der Waals surface area contributed by atoms with E-state index in [1.165, 1.54) is 42.6 Å². The van der Waals surface area contributed by atoms with Crippen molar-refractivity contribution in [1.82, 2.24) is 4.98 Å². The van der Waals surface area contributed by atoms with Crippen LogP contribution in [0.15, 0.2) is 97.1 Å². The van der Waals surface area contributed by atoms with Crippen LogP contribution in [0, 0.1) is 0 Å². The maximum absolute atomic E-state index is 3.75. The molecule has 1 aromatic heterocycles. The van der Waals surface area contributed by atoms with E-state index in [0.717, 1.165) is 0 Å². The van der Waals surface area contributed by atoms with Gasteiger partial charge in [-0.15, -0.1) is 0 Å². The highest BCUT2D eigenvalue weighted by Crippen LogP contribution is 2.25. The van der Waals surface area contributed by atoms with Crippen LogP contribution in [0.2, 0.25) is 26.2 Å². The summed E-state index contributed by atoms with van der Waals surface area (Å²) in [6, 6.07) is 36.1. The minimum atomic E-state index is -1.72. The van der Waals surface area contributed by atoms with Crippen molar-refractivity contribution in [3.05, 3.63) is 97.1 Å². The third kappa shape index (κ3) is 3.38. The van der Waals surface area contributed by atoms with E-state index in [-0.39, 0.29) is 0 Å². The molecule has 0 aliphatic carbocycles. The Bertz CT molecular complexity index is 1260. The fraction of sp³-hybridized carbons (Fsp3) is 0.143. The Morgan fingerprint density at radius 1 is 0.452 bits per heavy atom. The Labute approximate surface area is 186 Å². The SMILES string of the molecule is C[Si](C)(c1ccccc1)c1ccc2c(c1)[nH]c1cc([Si](C)(C)c3ccccc3)ccc12. The molecule has 0 amide bonds. The largest absolute Gasteiger partial charge is 0.355 e. The zero-order valence-electron chi connectivity index (χ0n) is 18.7. The minimum absolute atomic E-state index is 1.25. The molecular weight excluding hydrogens is 406 g/mol. The Kier molecular flexibility index (Phi) is 4.76. The Morgan fingerprint density at radius 3 is 1.23 bits per heavy atom. The first-order chi connectivity index (χ1) is 14.9. The van der Waals surface area contributed by atoms with Crippen molar-refractivity contribution in [1.29, 1.82) is 0 Å². The van der Waals surface area contributed by atoms with Crippen LogP contribution in [0.4, 0.5) is 0 Å². The Hall–Kier alpha value is -2.89. The molecule has 154 valence electrons. The molecule has 1 nitrogen and oxygen atoms in total. The van der Waals surface area contributed by atoms with Crippen LogP contribution in [0.1, 0.15) is 0 Å². The van der Waals surface area contributed by atoms with Gasteiger partial charge in [-0.05, 0) is 12.1 Å². The average Bonchev–Trinajstić information content (AvgIpc) is 3.17. The number of hydrogen-bond donors (Lipinski definition) is 1. The van der Waals surface area contributed by atoms with E-state index in [1.807, 2.05) is 0 Å². The van der Waals surface area contributed by atoms with Crippen LogP contribution in [-0.4, -0.2) is 21.1 Å². The number of nitrogens with one attached hydrogen (secondary N) is 1. The van der Waals surface area contributed by atoms with E-state index in [0.29, 0.717) is 0 Å². The highest BCUT2D eigenvalue weighted by Gasteiger charge is 2.28. The highest BCUT2D eigenvalue weighted by molar-refractivity contribution is 7.01. The van der Waals surface area contributed by atoms with Gasteiger partial charge in [-0.3, -0.25) is 0 Å². The van der Waals surface area contributed by atoms with Gasteiger partial charge in [0.1, 0.15) is 16.1 Å². The second-order valence-electron chi connectivity index (χ2n) is 9.63. The first-order valence-corrected chi connectivity index (χ1v) is 17.0. The fourth-order valence-corrected chi connectivity index (χ4v) is 9.46. The molecule has 0 aliphatic heterocycles. The van der Waals surface area contributed by atoms with E-state index in [9.17, 15) is 0 Å². The number of hydrogen-bond acceptors (Lipinski definition) is 0. The number of fused-ring (bicyclic) bond motifs is 3. The van der Waals surface area contributed by atoms with Gasteiger partial charge in [0.2, 0.25) is 0 Å². The summed E-state index contributed by atoms with van der Waals surface area (Å²) in [5.41, 5.74) is 2.50. The van der Waals surface area contributed by atoms with Crippen LogP contribution >= 0.6 is 0 Å². The number of H-pyrrole nitrogens is 1. The summed E-state index contributed by atoms with van der Waals surface area (Å²) >= 11 is 0. The molecule has 31 heavy (non-hydrogen) atoms. The molecule has 0 radical (unpaired) electrons. The second kappa shape index (κ2) is 7.36. The topological polar surface area (TPSA) is 15.8 Å². The van der Waals surface area contributed by atoms with Crippen molar-refractivity contribution in [2.75, 3.05) is 0 Å². The maximum Gasteiger partial charge on any atom is 0.112 e. The zero-order chi connectivity index (χ0) is 21.6. The van der Waals surface area contributed by atoms with E-state index in [4.69, 9.17) is 0 Å². The van der Waals surface area contributed by atoms with E-state index in [2.05, 4.69) is 128 Å². The lowest BCUT2D eigenvalue weighted by atomic mass is 10.1. The predicted octanol–water partition coefficient (Wildman–Crippen LogP) is 4.97. The highest BCUT2D eigenvalue weighted by atomic mass is 28.3. The van der Waals surface area contributed by atoms with Gasteiger partial charge >= 0.3 is 0 Å². The quantitative estimate of drug-likeness (QED) is 0.384. The molecule has 0 unspecified atom stereocenters. The molecule has 1 heterocycles. The molecule has 3 heteroatoms. The molecule has 0 spiro atoms. The van der Waals surface area contributed by atoms with Gasteiger partial charge in [0, 0.05) is 21.8 Å². The van der Waals surface area contributed by atoms with Crippen molar-refractivity contribution in [3.63, 3.8) is 0 Å². The Morgan fingerprint density at radius 2 is 0.839 bits per heavy atom. The van der Waals surface area contributed by atoms with Crippen molar-refractivity contribution in [3.8, 4) is 0 Å². The average molecular weight is 436 g/mol. The molecule has 0 saturated carbocycles. The molecule has 5 aromatic rings. The molecule has 0 saturated heterocycles. The monoisotopic (exact) mass is 435 g/mol. The van der Waals surface area contributed by atoms with Crippen molar-refractivity contribution in [2.45, 2.75) is 26.2 Å². The predicted molar refractivity (Wildman–Crippen MR) is 142 cm³/mol. The standard InChI is InChI=1S/C28H29NSi2/c1-30(2,21-11-7-5-8-12-21)23-15-17-25-26-18-16-24(20-28(26)29-27(25)19-23)31(3,4)22-13-9-6-10-14-22/h5-20,29H,1-4H3. The fourth-order valence-electron chi connectivity index (χ4n) is 4.73. The van der Waals surface area contributed by atoms with Gasteiger partial charge in [-0.25, -0.2) is 0 Å². The third-order valence-corrected chi connectivity index (χ3v) is 14.1. The molecule has 0 fully saturated rings. The number of aromatic amines is 1. The molecule has 1 N–H and O–H groups in total. The van der Waals surface area contributed by atoms with E-state index >= 15 is 0 Å². The van der Waals surface area contributed by atoms with Gasteiger partial charge in [0.15, 0.2) is 0 Å². The second-order valence-corrected chi connectivity index (χ2v) is 18.4. The lowest BCUT2D eigenvalue weighted by Crippen LogP contribution is -2.52. The van der Waals surface area contributed by atoms with Crippen LogP contribution in [-0.2, 0) is 0 Å². The van der Waals surface area contributed by atoms with Crippen LogP contribution in [0.25, 0.3) is 21.8 Å². The van der Waals surface area contributed by atoms with Crippen LogP contribution in [0.3, 0.4) is 0 Å². The van der Waals surface area contributed by atoms with Gasteiger partial charge in [-0.1, -0.05) is 132 Å². The summed E-state index contributed by atoms with van der Waals surface area (Å²) in [5, 5.41) is 8.53. The molecule has 0 atom stereocenters. The zero-order valence-corrected chi connectivity index (χ0v) is 20.7. The van der Waals surface area contributed by atoms with Gasteiger partial charge < -0.3 is 4.98 Å². The van der Waals surface area contributed by atoms with Gasteiger partial charge in [0.05, 0.1) is 0 Å². The first kappa shape index (κ1) is 20.0. The summed E-state index contributed by atoms with van der Waals surface area (Å²) in [6.45, 7) is 9.77. The van der Waals surface area contributed by atoms with Gasteiger partial charge in [0.25, 0.3) is 0 Å². The first-order valence-electron chi connectivity index (χ1n) is 11.0. The van der Waals surface area contributed by atoms with E-state index < -0.39 is 16.1 Å². The normalized spacial score (nSPS) is 12.5. The Balaban J connectivity index is 1.60. The lowest BCUT2D eigenvalue weighted by Gasteiger charge is -2.23. The third-order valence-electron chi connectivity index (χ3n) is 7.03. The molecule has 0 bridgehead atoms. The van der Waals surface area contributed by atoms with Crippen LogP contribution < -0.4 is 20.7 Å². The van der Waals surface area contributed by atoms with Crippen molar-refractivity contribution >= 4 is 58.7 Å². The van der Waals surface area contributed by atoms with Crippen LogP contribution in [0.5, 0.6) is 0 Å². The molecule has 0 aliphatic rings. The number of rotatable bonds is 4. The molecule has 4 aromatic carbocycles.